The molecular weight excluding hydrogens is 473 g/mol. The number of aryl methyl sites for hydroxylation is 1. The molecule has 37 heavy (non-hydrogen) atoms. The first-order valence-corrected chi connectivity index (χ1v) is 12.6. The van der Waals surface area contributed by atoms with Crippen LogP contribution in [0, 0.1) is 5.82 Å². The molecule has 0 radical (unpaired) electrons. The van der Waals surface area contributed by atoms with Crippen LogP contribution in [0.5, 0.6) is 5.75 Å². The largest absolute Gasteiger partial charge is 0.487 e. The van der Waals surface area contributed by atoms with Crippen molar-refractivity contribution in [1.29, 1.82) is 0 Å². The van der Waals surface area contributed by atoms with Crippen LogP contribution in [0.2, 0.25) is 0 Å². The zero-order chi connectivity index (χ0) is 26.1. The van der Waals surface area contributed by atoms with E-state index in [1.807, 2.05) is 32.6 Å². The van der Waals surface area contributed by atoms with Gasteiger partial charge in [0, 0.05) is 62.7 Å². The smallest absolute Gasteiger partial charge is 0.253 e. The summed E-state index contributed by atoms with van der Waals surface area (Å²) in [6, 6.07) is 6.65. The van der Waals surface area contributed by atoms with Gasteiger partial charge in [-0.1, -0.05) is 0 Å². The van der Waals surface area contributed by atoms with Crippen molar-refractivity contribution in [2.45, 2.75) is 44.8 Å². The zero-order valence-corrected chi connectivity index (χ0v) is 21.6. The van der Waals surface area contributed by atoms with Crippen LogP contribution in [-0.2, 0) is 7.05 Å². The highest BCUT2D eigenvalue weighted by molar-refractivity contribution is 5.94. The van der Waals surface area contributed by atoms with Crippen molar-refractivity contribution < 1.29 is 13.9 Å². The highest BCUT2D eigenvalue weighted by Gasteiger charge is 2.28. The SMILES string of the molecule is CCNc1cc2c(cn1)c(-c1cnn(C)c1)nn2C1CCC(Oc2ccc(C(=O)N(C)C)cc2F)CC1. The highest BCUT2D eigenvalue weighted by Crippen LogP contribution is 2.36. The number of rotatable bonds is 7. The van der Waals surface area contributed by atoms with Gasteiger partial charge in [0.2, 0.25) is 0 Å². The van der Waals surface area contributed by atoms with Crippen molar-refractivity contribution in [2.75, 3.05) is 26.0 Å². The quantitative estimate of drug-likeness (QED) is 0.393. The molecule has 9 nitrogen and oxygen atoms in total. The number of carbonyl (C=O) groups excluding carboxylic acids is 1. The summed E-state index contributed by atoms with van der Waals surface area (Å²) < 4.78 is 24.6. The number of halogens is 1. The Morgan fingerprint density at radius 2 is 1.97 bits per heavy atom. The van der Waals surface area contributed by atoms with Crippen molar-refractivity contribution in [3.63, 3.8) is 0 Å². The molecule has 0 bridgehead atoms. The molecule has 1 saturated carbocycles. The number of pyridine rings is 1. The molecule has 0 saturated heterocycles. The van der Waals surface area contributed by atoms with E-state index in [1.165, 1.54) is 11.0 Å². The predicted molar refractivity (Wildman–Crippen MR) is 140 cm³/mol. The van der Waals surface area contributed by atoms with Gasteiger partial charge in [-0.2, -0.15) is 10.2 Å². The first-order valence-electron chi connectivity index (χ1n) is 12.6. The van der Waals surface area contributed by atoms with Crippen LogP contribution >= 0.6 is 0 Å². The van der Waals surface area contributed by atoms with E-state index in [2.05, 4.69) is 26.1 Å². The Hall–Kier alpha value is -3.95. The molecule has 0 unspecified atom stereocenters. The van der Waals surface area contributed by atoms with E-state index in [0.29, 0.717) is 5.56 Å². The summed E-state index contributed by atoms with van der Waals surface area (Å²) in [6.07, 6.45) is 8.81. The molecule has 194 valence electrons. The number of fused-ring (bicyclic) bond motifs is 1. The lowest BCUT2D eigenvalue weighted by atomic mass is 9.93. The van der Waals surface area contributed by atoms with E-state index in [1.54, 1.807) is 30.9 Å². The van der Waals surface area contributed by atoms with Crippen molar-refractivity contribution in [2.24, 2.45) is 7.05 Å². The van der Waals surface area contributed by atoms with Crippen molar-refractivity contribution in [3.8, 4) is 17.0 Å². The second-order valence-corrected chi connectivity index (χ2v) is 9.71. The molecule has 0 atom stereocenters. The van der Waals surface area contributed by atoms with Gasteiger partial charge < -0.3 is 15.0 Å². The molecule has 5 rings (SSSR count). The summed E-state index contributed by atoms with van der Waals surface area (Å²) in [7, 11) is 5.18. The maximum atomic E-state index is 14.7. The Kier molecular flexibility index (Phi) is 6.82. The minimum atomic E-state index is -0.516. The number of ether oxygens (including phenoxy) is 1. The van der Waals surface area contributed by atoms with Gasteiger partial charge in [-0.3, -0.25) is 14.2 Å². The second kappa shape index (κ2) is 10.2. The monoisotopic (exact) mass is 505 g/mol. The molecule has 0 spiro atoms. The number of nitrogens with zero attached hydrogens (tertiary/aromatic N) is 6. The van der Waals surface area contributed by atoms with Gasteiger partial charge in [-0.15, -0.1) is 0 Å². The Bertz CT molecular complexity index is 1420. The summed E-state index contributed by atoms with van der Waals surface area (Å²) in [5.41, 5.74) is 3.15. The Balaban J connectivity index is 1.34. The van der Waals surface area contributed by atoms with Gasteiger partial charge in [0.1, 0.15) is 11.5 Å². The predicted octanol–water partition coefficient (Wildman–Crippen LogP) is 4.67. The van der Waals surface area contributed by atoms with E-state index in [4.69, 9.17) is 9.84 Å². The van der Waals surface area contributed by atoms with Crippen LogP contribution in [0.15, 0.2) is 42.9 Å². The topological polar surface area (TPSA) is 90.1 Å². The third-order valence-electron chi connectivity index (χ3n) is 6.80. The average Bonchev–Trinajstić information content (AvgIpc) is 3.48. The lowest BCUT2D eigenvalue weighted by Crippen LogP contribution is -2.26. The first kappa shape index (κ1) is 24.7. The maximum Gasteiger partial charge on any atom is 0.253 e. The average molecular weight is 506 g/mol. The van der Waals surface area contributed by atoms with Gasteiger partial charge in [0.05, 0.1) is 23.9 Å². The van der Waals surface area contributed by atoms with Crippen molar-refractivity contribution in [3.05, 3.63) is 54.2 Å². The fraction of sp³-hybridized carbons (Fsp3) is 0.407. The lowest BCUT2D eigenvalue weighted by Gasteiger charge is -2.29. The molecule has 3 heterocycles. The fourth-order valence-corrected chi connectivity index (χ4v) is 4.92. The normalized spacial score (nSPS) is 17.6. The number of hydrogen-bond acceptors (Lipinski definition) is 6. The van der Waals surface area contributed by atoms with Gasteiger partial charge in [0.15, 0.2) is 11.6 Å². The molecule has 0 aliphatic heterocycles. The van der Waals surface area contributed by atoms with Crippen LogP contribution in [-0.4, -0.2) is 62.1 Å². The molecule has 4 aromatic rings. The Labute approximate surface area is 215 Å². The minimum absolute atomic E-state index is 0.0974. The van der Waals surface area contributed by atoms with Crippen LogP contribution in [0.4, 0.5) is 10.2 Å². The van der Waals surface area contributed by atoms with Crippen molar-refractivity contribution >= 4 is 22.6 Å². The fourth-order valence-electron chi connectivity index (χ4n) is 4.92. The molecule has 1 N–H and O–H groups in total. The van der Waals surface area contributed by atoms with E-state index in [-0.39, 0.29) is 23.8 Å². The minimum Gasteiger partial charge on any atom is -0.487 e. The number of carbonyl (C=O) groups is 1. The number of hydrogen-bond donors (Lipinski definition) is 1. The summed E-state index contributed by atoms with van der Waals surface area (Å²) in [5, 5.41) is 13.6. The first-order chi connectivity index (χ1) is 17.8. The molecule has 1 aliphatic rings. The standard InChI is InChI=1S/C27H32FN7O2/c1-5-29-25-13-23-21(15-30-25)26(18-14-31-34(4)16-18)32-35(23)19-7-9-20(10-8-19)37-24-11-6-17(12-22(24)28)27(36)33(2)3/h6,11-16,19-20H,5,7-10H2,1-4H3,(H,29,30). The summed E-state index contributed by atoms with van der Waals surface area (Å²) in [5.74, 6) is 0.245. The zero-order valence-electron chi connectivity index (χ0n) is 21.6. The number of amides is 1. The number of anilines is 1. The van der Waals surface area contributed by atoms with Crippen LogP contribution < -0.4 is 10.1 Å². The third-order valence-corrected chi connectivity index (χ3v) is 6.80. The Morgan fingerprint density at radius 3 is 2.62 bits per heavy atom. The molecule has 1 aromatic carbocycles. The number of aromatic nitrogens is 5. The second-order valence-electron chi connectivity index (χ2n) is 9.71. The lowest BCUT2D eigenvalue weighted by molar-refractivity contribution is 0.0826. The molecule has 3 aromatic heterocycles. The van der Waals surface area contributed by atoms with Crippen LogP contribution in [0.25, 0.3) is 22.2 Å². The third kappa shape index (κ3) is 5.00. The van der Waals surface area contributed by atoms with E-state index >= 15 is 0 Å². The molecule has 10 heteroatoms. The Morgan fingerprint density at radius 1 is 1.19 bits per heavy atom. The van der Waals surface area contributed by atoms with Crippen LogP contribution in [0.3, 0.4) is 0 Å². The van der Waals surface area contributed by atoms with E-state index in [0.717, 1.165) is 60.2 Å². The van der Waals surface area contributed by atoms with Gasteiger partial charge in [-0.05, 0) is 50.8 Å². The number of benzene rings is 1. The summed E-state index contributed by atoms with van der Waals surface area (Å²) >= 11 is 0. The molecular formula is C27H32FN7O2. The highest BCUT2D eigenvalue weighted by atomic mass is 19.1. The maximum absolute atomic E-state index is 14.7. The molecule has 1 aliphatic carbocycles. The molecule has 1 fully saturated rings. The van der Waals surface area contributed by atoms with Gasteiger partial charge >= 0.3 is 0 Å². The van der Waals surface area contributed by atoms with E-state index < -0.39 is 5.82 Å². The van der Waals surface area contributed by atoms with Gasteiger partial charge in [-0.25, -0.2) is 9.37 Å². The van der Waals surface area contributed by atoms with E-state index in [9.17, 15) is 9.18 Å². The van der Waals surface area contributed by atoms with Crippen molar-refractivity contribution in [1.82, 2.24) is 29.4 Å². The summed E-state index contributed by atoms with van der Waals surface area (Å²) in [4.78, 5) is 18.1. The van der Waals surface area contributed by atoms with Gasteiger partial charge in [0.25, 0.3) is 5.91 Å². The summed E-state index contributed by atoms with van der Waals surface area (Å²) in [6.45, 7) is 2.83. The number of nitrogens with one attached hydrogen (secondary N) is 1. The molecule has 1 amide bonds. The van der Waals surface area contributed by atoms with Crippen LogP contribution in [0.1, 0.15) is 49.0 Å².